The Kier molecular flexibility index (Phi) is 7.02. The van der Waals surface area contributed by atoms with Gasteiger partial charge >= 0.3 is 0 Å². The van der Waals surface area contributed by atoms with Crippen molar-refractivity contribution >= 4 is 23.2 Å². The lowest BCUT2D eigenvalue weighted by atomic mass is 10.2. The van der Waals surface area contributed by atoms with E-state index in [1.165, 1.54) is 0 Å². The fraction of sp³-hybridized carbons (Fsp3) is 0.571. The average Bonchev–Trinajstić information content (AvgIpc) is 2.29. The molecule has 0 aliphatic heterocycles. The topological polar surface area (TPSA) is 15.3 Å². The average molecular weight is 289 g/mol. The normalized spacial score (nSPS) is 11.5. The Balaban J connectivity index is 2.38. The van der Waals surface area contributed by atoms with Gasteiger partial charge in [0.2, 0.25) is 0 Å². The quantitative estimate of drug-likeness (QED) is 0.770. The lowest BCUT2D eigenvalue weighted by Gasteiger charge is -2.19. The van der Waals surface area contributed by atoms with Crippen LogP contribution in [0.5, 0.6) is 0 Å². The molecule has 0 unspecified atom stereocenters. The number of hydrogen-bond acceptors (Lipinski definition) is 2. The second kappa shape index (κ2) is 8.00. The molecule has 2 nitrogen and oxygen atoms in total. The summed E-state index contributed by atoms with van der Waals surface area (Å²) in [6.07, 6.45) is 0. The van der Waals surface area contributed by atoms with Gasteiger partial charge < -0.3 is 10.2 Å². The van der Waals surface area contributed by atoms with Gasteiger partial charge in [0.25, 0.3) is 0 Å². The van der Waals surface area contributed by atoms with Crippen LogP contribution in [0, 0.1) is 5.92 Å². The number of likely N-dealkylation sites (N-methyl/N-ethyl adjacent to an activating group) is 1. The molecule has 0 spiro atoms. The van der Waals surface area contributed by atoms with Crippen LogP contribution >= 0.6 is 23.2 Å². The molecular formula is C14H22Cl2N2. The van der Waals surface area contributed by atoms with Crippen molar-refractivity contribution in [3.8, 4) is 0 Å². The van der Waals surface area contributed by atoms with Crippen molar-refractivity contribution in [2.75, 3.05) is 26.7 Å². The van der Waals surface area contributed by atoms with Gasteiger partial charge in [0, 0.05) is 35.2 Å². The molecule has 0 atom stereocenters. The summed E-state index contributed by atoms with van der Waals surface area (Å²) in [5.74, 6) is 0.688. The minimum absolute atomic E-state index is 0.688. The van der Waals surface area contributed by atoms with E-state index in [2.05, 4.69) is 31.1 Å². The Labute approximate surface area is 120 Å². The van der Waals surface area contributed by atoms with E-state index in [0.717, 1.165) is 41.8 Å². The molecule has 18 heavy (non-hydrogen) atoms. The number of nitrogens with zero attached hydrogens (tertiary/aromatic N) is 1. The van der Waals surface area contributed by atoms with E-state index in [4.69, 9.17) is 23.2 Å². The highest BCUT2D eigenvalue weighted by molar-refractivity contribution is 6.35. The molecular weight excluding hydrogens is 267 g/mol. The van der Waals surface area contributed by atoms with Gasteiger partial charge in [0.15, 0.2) is 0 Å². The Morgan fingerprint density at radius 2 is 1.83 bits per heavy atom. The third-order valence-electron chi connectivity index (χ3n) is 2.71. The van der Waals surface area contributed by atoms with E-state index < -0.39 is 0 Å². The molecule has 102 valence electrons. The minimum Gasteiger partial charge on any atom is -0.315 e. The Morgan fingerprint density at radius 3 is 2.39 bits per heavy atom. The highest BCUT2D eigenvalue weighted by Crippen LogP contribution is 2.25. The smallest absolute Gasteiger partial charge is 0.0465 e. The second-order valence-corrected chi connectivity index (χ2v) is 5.85. The highest BCUT2D eigenvalue weighted by Gasteiger charge is 2.08. The van der Waals surface area contributed by atoms with Crippen LogP contribution in [-0.2, 0) is 6.54 Å². The summed E-state index contributed by atoms with van der Waals surface area (Å²) in [4.78, 5) is 2.22. The first-order valence-electron chi connectivity index (χ1n) is 6.33. The maximum absolute atomic E-state index is 6.15. The Hall–Kier alpha value is -0.280. The summed E-state index contributed by atoms with van der Waals surface area (Å²) >= 11 is 12.3. The Morgan fingerprint density at radius 1 is 1.22 bits per heavy atom. The van der Waals surface area contributed by atoms with Gasteiger partial charge in [-0.15, -0.1) is 0 Å². The molecule has 1 aromatic rings. The predicted octanol–water partition coefficient (Wildman–Crippen LogP) is 3.67. The van der Waals surface area contributed by atoms with Crippen LogP contribution in [0.4, 0.5) is 0 Å². The molecule has 0 aliphatic carbocycles. The van der Waals surface area contributed by atoms with E-state index in [0.29, 0.717) is 5.92 Å². The number of hydrogen-bond donors (Lipinski definition) is 1. The lowest BCUT2D eigenvalue weighted by molar-refractivity contribution is 0.322. The molecule has 0 bridgehead atoms. The molecule has 1 rings (SSSR count). The largest absolute Gasteiger partial charge is 0.315 e. The summed E-state index contributed by atoms with van der Waals surface area (Å²) in [7, 11) is 2.08. The first-order valence-corrected chi connectivity index (χ1v) is 7.08. The van der Waals surface area contributed by atoms with Crippen molar-refractivity contribution in [2.45, 2.75) is 20.4 Å². The summed E-state index contributed by atoms with van der Waals surface area (Å²) in [5.41, 5.74) is 1.01. The molecule has 4 heteroatoms. The molecule has 0 aliphatic rings. The van der Waals surface area contributed by atoms with Crippen molar-refractivity contribution in [2.24, 2.45) is 5.92 Å². The fourth-order valence-electron chi connectivity index (χ4n) is 1.69. The third-order valence-corrected chi connectivity index (χ3v) is 3.42. The first-order chi connectivity index (χ1) is 8.50. The summed E-state index contributed by atoms with van der Waals surface area (Å²) in [5, 5.41) is 4.90. The van der Waals surface area contributed by atoms with Crippen LogP contribution in [0.25, 0.3) is 0 Å². The number of halogens is 2. The molecule has 0 amide bonds. The summed E-state index contributed by atoms with van der Waals surface area (Å²) < 4.78 is 0. The van der Waals surface area contributed by atoms with Crippen LogP contribution in [0.2, 0.25) is 10.0 Å². The van der Waals surface area contributed by atoms with Crippen LogP contribution in [0.1, 0.15) is 19.4 Å². The molecule has 1 aromatic carbocycles. The van der Waals surface area contributed by atoms with Crippen molar-refractivity contribution in [1.29, 1.82) is 0 Å². The van der Waals surface area contributed by atoms with Crippen molar-refractivity contribution < 1.29 is 0 Å². The predicted molar refractivity (Wildman–Crippen MR) is 80.5 cm³/mol. The van der Waals surface area contributed by atoms with Crippen LogP contribution < -0.4 is 5.32 Å². The van der Waals surface area contributed by atoms with E-state index >= 15 is 0 Å². The van der Waals surface area contributed by atoms with E-state index in [9.17, 15) is 0 Å². The van der Waals surface area contributed by atoms with Crippen molar-refractivity contribution in [3.63, 3.8) is 0 Å². The van der Waals surface area contributed by atoms with Crippen LogP contribution in [0.15, 0.2) is 18.2 Å². The zero-order valence-electron chi connectivity index (χ0n) is 11.3. The lowest BCUT2D eigenvalue weighted by Crippen LogP contribution is -2.31. The van der Waals surface area contributed by atoms with Crippen LogP contribution in [-0.4, -0.2) is 31.6 Å². The molecule has 0 radical (unpaired) electrons. The summed E-state index contributed by atoms with van der Waals surface area (Å²) in [6, 6.07) is 5.64. The molecule has 0 aromatic heterocycles. The first kappa shape index (κ1) is 15.8. The van der Waals surface area contributed by atoms with Gasteiger partial charge in [-0.1, -0.05) is 43.1 Å². The fourth-order valence-corrected chi connectivity index (χ4v) is 2.21. The second-order valence-electron chi connectivity index (χ2n) is 5.04. The van der Waals surface area contributed by atoms with Gasteiger partial charge in [-0.3, -0.25) is 0 Å². The van der Waals surface area contributed by atoms with E-state index in [-0.39, 0.29) is 0 Å². The van der Waals surface area contributed by atoms with Gasteiger partial charge in [0.1, 0.15) is 0 Å². The van der Waals surface area contributed by atoms with Gasteiger partial charge in [0.05, 0.1) is 0 Å². The maximum Gasteiger partial charge on any atom is 0.0465 e. The summed E-state index contributed by atoms with van der Waals surface area (Å²) in [6.45, 7) is 8.22. The zero-order valence-corrected chi connectivity index (χ0v) is 12.9. The zero-order chi connectivity index (χ0) is 13.5. The van der Waals surface area contributed by atoms with Crippen molar-refractivity contribution in [1.82, 2.24) is 10.2 Å². The SMILES string of the molecule is CC(C)CNCCN(C)Cc1c(Cl)cccc1Cl. The number of benzene rings is 1. The van der Waals surface area contributed by atoms with E-state index in [1.54, 1.807) is 0 Å². The highest BCUT2D eigenvalue weighted by atomic mass is 35.5. The number of nitrogens with one attached hydrogen (secondary N) is 1. The monoisotopic (exact) mass is 288 g/mol. The molecule has 0 saturated carbocycles. The maximum atomic E-state index is 6.15. The van der Waals surface area contributed by atoms with Gasteiger partial charge in [-0.05, 0) is 31.6 Å². The standard InChI is InChI=1S/C14H22Cl2N2/c1-11(2)9-17-7-8-18(3)10-12-13(15)5-4-6-14(12)16/h4-6,11,17H,7-10H2,1-3H3. The minimum atomic E-state index is 0.688. The van der Waals surface area contributed by atoms with Gasteiger partial charge in [-0.2, -0.15) is 0 Å². The van der Waals surface area contributed by atoms with Crippen LogP contribution in [0.3, 0.4) is 0 Å². The third kappa shape index (κ3) is 5.57. The molecule has 0 heterocycles. The molecule has 0 fully saturated rings. The molecule has 1 N–H and O–H groups in total. The van der Waals surface area contributed by atoms with Crippen molar-refractivity contribution in [3.05, 3.63) is 33.8 Å². The van der Waals surface area contributed by atoms with E-state index in [1.807, 2.05) is 18.2 Å². The Bertz CT molecular complexity index is 347. The number of rotatable bonds is 7. The molecule has 0 saturated heterocycles. The van der Waals surface area contributed by atoms with Gasteiger partial charge in [-0.25, -0.2) is 0 Å².